The first kappa shape index (κ1) is 16.8. The number of carbonyl (C=O) groups is 2. The number of benzene rings is 2. The van der Waals surface area contributed by atoms with Gasteiger partial charge >= 0.3 is 5.97 Å². The lowest BCUT2D eigenvalue weighted by atomic mass is 9.85. The van der Waals surface area contributed by atoms with Gasteiger partial charge in [0.2, 0.25) is 6.41 Å². The van der Waals surface area contributed by atoms with Crippen LogP contribution < -0.4 is 14.8 Å². The van der Waals surface area contributed by atoms with Gasteiger partial charge in [-0.05, 0) is 12.1 Å². The van der Waals surface area contributed by atoms with Gasteiger partial charge in [0.05, 0.1) is 7.11 Å². The van der Waals surface area contributed by atoms with Crippen LogP contribution in [0.25, 0.3) is 0 Å². The number of methoxy groups -OCH3 is 1. The third kappa shape index (κ3) is 3.42. The highest BCUT2D eigenvalue weighted by Crippen LogP contribution is 2.49. The number of ether oxygens (including phenoxy) is 3. The second kappa shape index (κ2) is 7.25. The molecular weight excluding hydrogens is 322 g/mol. The molecule has 2 aromatic carbocycles. The van der Waals surface area contributed by atoms with Crippen molar-refractivity contribution in [3.05, 3.63) is 53.6 Å². The van der Waals surface area contributed by atoms with Crippen LogP contribution >= 0.6 is 0 Å². The molecule has 1 aliphatic rings. The summed E-state index contributed by atoms with van der Waals surface area (Å²) in [6, 6.07) is 13.3. The molecule has 1 N–H and O–H groups in total. The summed E-state index contributed by atoms with van der Waals surface area (Å²) in [5, 5.41) is 2.56. The zero-order valence-electron chi connectivity index (χ0n) is 14.0. The van der Waals surface area contributed by atoms with E-state index in [1.807, 2.05) is 42.5 Å². The van der Waals surface area contributed by atoms with Crippen LogP contribution in [0.5, 0.6) is 17.2 Å². The fraction of sp³-hybridized carbons (Fsp3) is 0.263. The molecule has 0 aromatic heterocycles. The van der Waals surface area contributed by atoms with Crippen molar-refractivity contribution in [1.29, 1.82) is 0 Å². The molecule has 6 heteroatoms. The fourth-order valence-corrected chi connectivity index (χ4v) is 3.11. The van der Waals surface area contributed by atoms with E-state index in [0.717, 1.165) is 16.9 Å². The quantitative estimate of drug-likeness (QED) is 0.497. The molecule has 6 nitrogen and oxygen atoms in total. The van der Waals surface area contributed by atoms with Crippen molar-refractivity contribution in [2.45, 2.75) is 25.5 Å². The van der Waals surface area contributed by atoms with Crippen LogP contribution in [0.15, 0.2) is 42.5 Å². The molecule has 3 rings (SSSR count). The minimum atomic E-state index is -0.731. The van der Waals surface area contributed by atoms with Crippen LogP contribution in [0.1, 0.15) is 30.4 Å². The minimum Gasteiger partial charge on any atom is -0.493 e. The van der Waals surface area contributed by atoms with Crippen molar-refractivity contribution in [3.63, 3.8) is 0 Å². The summed E-state index contributed by atoms with van der Waals surface area (Å²) in [4.78, 5) is 22.2. The number of hydrogen-bond donors (Lipinski definition) is 1. The summed E-state index contributed by atoms with van der Waals surface area (Å²) in [5.41, 5.74) is 1.89. The number of carbonyl (C=O) groups excluding carboxylic acids is 2. The molecule has 0 aliphatic carbocycles. The smallest absolute Gasteiger partial charge is 0.304 e. The molecular formula is C19H19NO5. The molecule has 1 heterocycles. The van der Waals surface area contributed by atoms with Crippen molar-refractivity contribution in [2.75, 3.05) is 7.11 Å². The zero-order chi connectivity index (χ0) is 17.8. The topological polar surface area (TPSA) is 73.9 Å². The van der Waals surface area contributed by atoms with E-state index in [-0.39, 0.29) is 5.92 Å². The standard InChI is InChI=1S/C19H19NO5/c1-12(22)24-18(20-11-21)10-15-13-6-3-4-8-16(13)25-19-14(15)7-5-9-17(19)23-2/h3-9,11,15,18H,10H2,1-2H3,(H,20,21). The van der Waals surface area contributed by atoms with Gasteiger partial charge in [0.15, 0.2) is 17.7 Å². The van der Waals surface area contributed by atoms with E-state index >= 15 is 0 Å². The maximum Gasteiger partial charge on any atom is 0.304 e. The Morgan fingerprint density at radius 2 is 2.00 bits per heavy atom. The number of hydrogen-bond acceptors (Lipinski definition) is 5. The molecule has 1 aliphatic heterocycles. The summed E-state index contributed by atoms with van der Waals surface area (Å²) in [6.07, 6.45) is 0.190. The molecule has 0 spiro atoms. The number of para-hydroxylation sites is 2. The molecule has 0 saturated heterocycles. The fourth-order valence-electron chi connectivity index (χ4n) is 3.11. The van der Waals surface area contributed by atoms with Gasteiger partial charge in [0.1, 0.15) is 5.75 Å². The van der Waals surface area contributed by atoms with E-state index in [1.54, 1.807) is 7.11 Å². The number of esters is 1. The van der Waals surface area contributed by atoms with Gasteiger partial charge in [0, 0.05) is 30.4 Å². The van der Waals surface area contributed by atoms with Gasteiger partial charge in [-0.1, -0.05) is 30.3 Å². The van der Waals surface area contributed by atoms with Gasteiger partial charge in [-0.25, -0.2) is 0 Å². The van der Waals surface area contributed by atoms with E-state index in [9.17, 15) is 9.59 Å². The average molecular weight is 341 g/mol. The normalized spacial score (nSPS) is 15.8. The Morgan fingerprint density at radius 3 is 2.72 bits per heavy atom. The highest BCUT2D eigenvalue weighted by atomic mass is 16.6. The van der Waals surface area contributed by atoms with Crippen molar-refractivity contribution in [1.82, 2.24) is 5.32 Å². The summed E-state index contributed by atoms with van der Waals surface area (Å²) in [7, 11) is 1.59. The Morgan fingerprint density at radius 1 is 1.24 bits per heavy atom. The molecule has 0 saturated carbocycles. The zero-order valence-corrected chi connectivity index (χ0v) is 14.0. The summed E-state index contributed by atoms with van der Waals surface area (Å²) >= 11 is 0. The predicted molar refractivity (Wildman–Crippen MR) is 90.7 cm³/mol. The van der Waals surface area contributed by atoms with Crippen LogP contribution in [0.2, 0.25) is 0 Å². The summed E-state index contributed by atoms with van der Waals surface area (Å²) < 4.78 is 16.7. The highest BCUT2D eigenvalue weighted by molar-refractivity contribution is 5.66. The highest BCUT2D eigenvalue weighted by Gasteiger charge is 2.32. The maximum absolute atomic E-state index is 11.3. The lowest BCUT2D eigenvalue weighted by molar-refractivity contribution is -0.149. The number of fused-ring (bicyclic) bond motifs is 2. The Balaban J connectivity index is 2.03. The predicted octanol–water partition coefficient (Wildman–Crippen LogP) is 2.96. The Hall–Kier alpha value is -3.02. The van der Waals surface area contributed by atoms with Crippen LogP contribution in [-0.2, 0) is 14.3 Å². The first-order valence-electron chi connectivity index (χ1n) is 7.94. The van der Waals surface area contributed by atoms with Gasteiger partial charge in [-0.15, -0.1) is 0 Å². The van der Waals surface area contributed by atoms with E-state index < -0.39 is 12.2 Å². The van der Waals surface area contributed by atoms with Gasteiger partial charge in [0.25, 0.3) is 0 Å². The first-order chi connectivity index (χ1) is 12.1. The SMILES string of the molecule is COc1cccc2c1Oc1ccccc1C2CC(NC=O)OC(C)=O. The minimum absolute atomic E-state index is 0.119. The number of rotatable bonds is 6. The summed E-state index contributed by atoms with van der Waals surface area (Å²) in [5.74, 6) is 1.42. The molecule has 0 bridgehead atoms. The van der Waals surface area contributed by atoms with E-state index in [2.05, 4.69) is 5.32 Å². The largest absolute Gasteiger partial charge is 0.493 e. The van der Waals surface area contributed by atoms with Crippen LogP contribution in [-0.4, -0.2) is 25.7 Å². The average Bonchev–Trinajstić information content (AvgIpc) is 2.60. The second-order valence-corrected chi connectivity index (χ2v) is 5.69. The molecule has 130 valence electrons. The molecule has 0 fully saturated rings. The van der Waals surface area contributed by atoms with Crippen molar-refractivity contribution in [2.24, 2.45) is 0 Å². The van der Waals surface area contributed by atoms with Gasteiger partial charge in [-0.3, -0.25) is 9.59 Å². The molecule has 2 aromatic rings. The lowest BCUT2D eigenvalue weighted by Crippen LogP contribution is -2.34. The molecule has 2 unspecified atom stereocenters. The second-order valence-electron chi connectivity index (χ2n) is 5.69. The van der Waals surface area contributed by atoms with Crippen molar-refractivity contribution in [3.8, 4) is 17.2 Å². The Bertz CT molecular complexity index is 789. The first-order valence-corrected chi connectivity index (χ1v) is 7.94. The lowest BCUT2D eigenvalue weighted by Gasteiger charge is -2.31. The molecule has 2 atom stereocenters. The van der Waals surface area contributed by atoms with E-state index in [0.29, 0.717) is 24.3 Å². The number of nitrogens with one attached hydrogen (secondary N) is 1. The Labute approximate surface area is 145 Å². The van der Waals surface area contributed by atoms with E-state index in [4.69, 9.17) is 14.2 Å². The van der Waals surface area contributed by atoms with Crippen molar-refractivity contribution >= 4 is 12.4 Å². The third-order valence-corrected chi connectivity index (χ3v) is 4.12. The Kier molecular flexibility index (Phi) is 4.88. The number of amides is 1. The summed E-state index contributed by atoms with van der Waals surface area (Å²) in [6.45, 7) is 1.31. The molecule has 1 amide bonds. The van der Waals surface area contributed by atoms with Crippen LogP contribution in [0, 0.1) is 0 Å². The van der Waals surface area contributed by atoms with Crippen LogP contribution in [0.3, 0.4) is 0 Å². The van der Waals surface area contributed by atoms with Gasteiger partial charge < -0.3 is 19.5 Å². The third-order valence-electron chi connectivity index (χ3n) is 4.12. The molecule has 25 heavy (non-hydrogen) atoms. The van der Waals surface area contributed by atoms with Gasteiger partial charge in [-0.2, -0.15) is 0 Å². The van der Waals surface area contributed by atoms with E-state index in [1.165, 1.54) is 6.92 Å². The molecule has 0 radical (unpaired) electrons. The van der Waals surface area contributed by atoms with Crippen LogP contribution in [0.4, 0.5) is 0 Å². The van der Waals surface area contributed by atoms with Crippen molar-refractivity contribution < 1.29 is 23.8 Å². The monoisotopic (exact) mass is 341 g/mol. The maximum atomic E-state index is 11.3.